The lowest BCUT2D eigenvalue weighted by Crippen LogP contribution is -2.36. The van der Waals surface area contributed by atoms with Gasteiger partial charge in [0.05, 0.1) is 25.5 Å². The zero-order valence-electron chi connectivity index (χ0n) is 18.7. The fourth-order valence-corrected chi connectivity index (χ4v) is 4.96. The highest BCUT2D eigenvalue weighted by molar-refractivity contribution is 7.99. The van der Waals surface area contributed by atoms with E-state index in [2.05, 4.69) is 26.6 Å². The van der Waals surface area contributed by atoms with Gasteiger partial charge in [0.25, 0.3) is 0 Å². The van der Waals surface area contributed by atoms with E-state index in [-0.39, 0.29) is 17.4 Å². The van der Waals surface area contributed by atoms with Crippen LogP contribution in [-0.2, 0) is 17.8 Å². The Morgan fingerprint density at radius 2 is 1.88 bits per heavy atom. The fraction of sp³-hybridized carbons (Fsp3) is 0.435. The second-order valence-electron chi connectivity index (χ2n) is 7.84. The summed E-state index contributed by atoms with van der Waals surface area (Å²) in [7, 11) is 0. The normalized spacial score (nSPS) is 14.8. The van der Waals surface area contributed by atoms with E-state index in [1.165, 1.54) is 23.9 Å². The summed E-state index contributed by atoms with van der Waals surface area (Å²) in [5.74, 6) is 0.955. The standard InChI is InChI=1S/C23H28FN5O2S/c1-4-28-22(14-27-9-11-31-12-10-27)25-26-23(28)32-15-21(30)20-13-16(2)29(17(20)3)19-7-5-18(24)6-8-19/h5-8,13H,4,9-12,14-15H2,1-3H3. The number of benzene rings is 1. The third-order valence-electron chi connectivity index (χ3n) is 5.73. The third kappa shape index (κ3) is 4.79. The molecule has 0 radical (unpaired) electrons. The molecule has 2 aromatic heterocycles. The number of thioether (sulfide) groups is 1. The van der Waals surface area contributed by atoms with E-state index >= 15 is 0 Å². The summed E-state index contributed by atoms with van der Waals surface area (Å²) in [5, 5.41) is 9.48. The summed E-state index contributed by atoms with van der Waals surface area (Å²) in [6.45, 7) is 10.7. The Balaban J connectivity index is 1.46. The number of hydrogen-bond acceptors (Lipinski definition) is 6. The Bertz CT molecular complexity index is 1090. The molecule has 0 atom stereocenters. The van der Waals surface area contributed by atoms with Gasteiger partial charge >= 0.3 is 0 Å². The topological polar surface area (TPSA) is 65.2 Å². The largest absolute Gasteiger partial charge is 0.379 e. The number of nitrogens with zero attached hydrogens (tertiary/aromatic N) is 5. The van der Waals surface area contributed by atoms with E-state index in [4.69, 9.17) is 4.74 Å². The monoisotopic (exact) mass is 457 g/mol. The van der Waals surface area contributed by atoms with E-state index in [0.717, 1.165) is 67.4 Å². The number of carbonyl (C=O) groups is 1. The summed E-state index contributed by atoms with van der Waals surface area (Å²) >= 11 is 1.42. The minimum absolute atomic E-state index is 0.0387. The summed E-state index contributed by atoms with van der Waals surface area (Å²) in [6, 6.07) is 8.20. The summed E-state index contributed by atoms with van der Waals surface area (Å²) in [4.78, 5) is 15.3. The van der Waals surface area contributed by atoms with Crippen LogP contribution in [0, 0.1) is 19.7 Å². The number of halogens is 1. The molecular formula is C23H28FN5O2S. The SMILES string of the molecule is CCn1c(CN2CCOCC2)nnc1SCC(=O)c1cc(C)n(-c2ccc(F)cc2)c1C. The first-order valence-electron chi connectivity index (χ1n) is 10.8. The number of carbonyl (C=O) groups excluding carboxylic acids is 1. The highest BCUT2D eigenvalue weighted by Crippen LogP contribution is 2.25. The molecule has 0 aliphatic carbocycles. The smallest absolute Gasteiger partial charge is 0.191 e. The van der Waals surface area contributed by atoms with Gasteiger partial charge in [0.1, 0.15) is 11.6 Å². The van der Waals surface area contributed by atoms with Gasteiger partial charge in [-0.25, -0.2) is 4.39 Å². The quantitative estimate of drug-likeness (QED) is 0.380. The number of rotatable bonds is 8. The minimum atomic E-state index is -0.281. The maximum atomic E-state index is 13.3. The van der Waals surface area contributed by atoms with E-state index in [1.807, 2.05) is 24.5 Å². The van der Waals surface area contributed by atoms with E-state index in [0.29, 0.717) is 5.56 Å². The first-order valence-corrected chi connectivity index (χ1v) is 11.8. The first kappa shape index (κ1) is 22.7. The van der Waals surface area contributed by atoms with Crippen molar-refractivity contribution in [2.45, 2.75) is 39.0 Å². The Kier molecular flexibility index (Phi) is 7.07. The molecule has 3 aromatic rings. The molecule has 0 amide bonds. The van der Waals surface area contributed by atoms with Crippen LogP contribution in [0.5, 0.6) is 0 Å². The van der Waals surface area contributed by atoms with Crippen LogP contribution < -0.4 is 0 Å². The van der Waals surface area contributed by atoms with Gasteiger partial charge in [-0.2, -0.15) is 0 Å². The molecule has 1 aliphatic heterocycles. The Labute approximate surface area is 191 Å². The van der Waals surface area contributed by atoms with Crippen molar-refractivity contribution in [2.75, 3.05) is 32.1 Å². The molecule has 0 N–H and O–H groups in total. The van der Waals surface area contributed by atoms with Crippen molar-refractivity contribution in [3.63, 3.8) is 0 Å². The van der Waals surface area contributed by atoms with Crippen LogP contribution in [0.2, 0.25) is 0 Å². The molecular weight excluding hydrogens is 429 g/mol. The summed E-state index contributed by atoms with van der Waals surface area (Å²) < 4.78 is 22.8. The Hall–Kier alpha value is -2.49. The van der Waals surface area contributed by atoms with Crippen LogP contribution in [-0.4, -0.2) is 62.1 Å². The molecule has 0 saturated carbocycles. The van der Waals surface area contributed by atoms with Crippen molar-refractivity contribution in [2.24, 2.45) is 0 Å². The fourth-order valence-electron chi connectivity index (χ4n) is 4.06. The molecule has 32 heavy (non-hydrogen) atoms. The minimum Gasteiger partial charge on any atom is -0.379 e. The summed E-state index contributed by atoms with van der Waals surface area (Å²) in [6.07, 6.45) is 0. The Morgan fingerprint density at radius 3 is 2.56 bits per heavy atom. The van der Waals surface area contributed by atoms with E-state index in [9.17, 15) is 9.18 Å². The maximum absolute atomic E-state index is 13.3. The molecule has 3 heterocycles. The van der Waals surface area contributed by atoms with Gasteiger partial charge < -0.3 is 13.9 Å². The van der Waals surface area contributed by atoms with Crippen LogP contribution in [0.3, 0.4) is 0 Å². The van der Waals surface area contributed by atoms with E-state index in [1.54, 1.807) is 12.1 Å². The van der Waals surface area contributed by atoms with Crippen LogP contribution >= 0.6 is 11.8 Å². The Morgan fingerprint density at radius 1 is 1.16 bits per heavy atom. The zero-order valence-corrected chi connectivity index (χ0v) is 19.5. The summed E-state index contributed by atoms with van der Waals surface area (Å²) in [5.41, 5.74) is 3.30. The second kappa shape index (κ2) is 9.97. The van der Waals surface area contributed by atoms with Crippen molar-refractivity contribution in [3.8, 4) is 5.69 Å². The number of morpholine rings is 1. The van der Waals surface area contributed by atoms with Gasteiger partial charge in [-0.15, -0.1) is 10.2 Å². The molecule has 1 fully saturated rings. The average molecular weight is 458 g/mol. The maximum Gasteiger partial charge on any atom is 0.191 e. The van der Waals surface area contributed by atoms with Gasteiger partial charge in [0.15, 0.2) is 10.9 Å². The highest BCUT2D eigenvalue weighted by atomic mass is 32.2. The zero-order chi connectivity index (χ0) is 22.7. The van der Waals surface area contributed by atoms with Gasteiger partial charge in [-0.05, 0) is 51.1 Å². The number of aromatic nitrogens is 4. The van der Waals surface area contributed by atoms with Crippen molar-refractivity contribution < 1.29 is 13.9 Å². The molecule has 4 rings (SSSR count). The van der Waals surface area contributed by atoms with Gasteiger partial charge in [0, 0.05) is 42.3 Å². The molecule has 7 nitrogen and oxygen atoms in total. The van der Waals surface area contributed by atoms with Crippen LogP contribution in [0.25, 0.3) is 5.69 Å². The lowest BCUT2D eigenvalue weighted by atomic mass is 10.2. The predicted octanol–water partition coefficient (Wildman–Crippen LogP) is 3.65. The number of ether oxygens (including phenoxy) is 1. The lowest BCUT2D eigenvalue weighted by Gasteiger charge is -2.26. The van der Waals surface area contributed by atoms with Crippen molar-refractivity contribution in [1.29, 1.82) is 0 Å². The molecule has 1 aromatic carbocycles. The molecule has 0 bridgehead atoms. The highest BCUT2D eigenvalue weighted by Gasteiger charge is 2.20. The molecule has 0 unspecified atom stereocenters. The lowest BCUT2D eigenvalue weighted by molar-refractivity contribution is 0.0325. The molecule has 9 heteroatoms. The number of ketones is 1. The first-order chi connectivity index (χ1) is 15.5. The number of hydrogen-bond donors (Lipinski definition) is 0. The van der Waals surface area contributed by atoms with Crippen LogP contribution in [0.1, 0.15) is 34.5 Å². The molecule has 1 aliphatic rings. The van der Waals surface area contributed by atoms with Crippen molar-refractivity contribution in [1.82, 2.24) is 24.2 Å². The predicted molar refractivity (Wildman–Crippen MR) is 122 cm³/mol. The van der Waals surface area contributed by atoms with Gasteiger partial charge in [-0.3, -0.25) is 9.69 Å². The van der Waals surface area contributed by atoms with Gasteiger partial charge in [-0.1, -0.05) is 11.8 Å². The third-order valence-corrected chi connectivity index (χ3v) is 6.69. The van der Waals surface area contributed by atoms with Crippen LogP contribution in [0.15, 0.2) is 35.5 Å². The second-order valence-corrected chi connectivity index (χ2v) is 8.78. The average Bonchev–Trinajstić information content (AvgIpc) is 3.32. The number of aryl methyl sites for hydroxylation is 1. The molecule has 0 spiro atoms. The number of Topliss-reactive ketones (excluding diaryl/α,β-unsaturated/α-hetero) is 1. The van der Waals surface area contributed by atoms with Crippen LogP contribution in [0.4, 0.5) is 4.39 Å². The van der Waals surface area contributed by atoms with Gasteiger partial charge in [0.2, 0.25) is 0 Å². The molecule has 170 valence electrons. The van der Waals surface area contributed by atoms with E-state index < -0.39 is 0 Å². The van der Waals surface area contributed by atoms with Crippen molar-refractivity contribution >= 4 is 17.5 Å². The van der Waals surface area contributed by atoms with Crippen molar-refractivity contribution in [3.05, 3.63) is 58.9 Å². The molecule has 1 saturated heterocycles.